The summed E-state index contributed by atoms with van der Waals surface area (Å²) >= 11 is 0. The van der Waals surface area contributed by atoms with E-state index in [4.69, 9.17) is 4.74 Å². The number of hydrogen-bond acceptors (Lipinski definition) is 4. The quantitative estimate of drug-likeness (QED) is 0.798. The summed E-state index contributed by atoms with van der Waals surface area (Å²) in [6.07, 6.45) is 3.51. The Bertz CT molecular complexity index is 953. The number of piperidine rings is 1. The fraction of sp³-hybridized carbons (Fsp3) is 0.440. The van der Waals surface area contributed by atoms with Gasteiger partial charge in [0.15, 0.2) is 6.10 Å². The fourth-order valence-electron chi connectivity index (χ4n) is 4.46. The Morgan fingerprint density at radius 3 is 2.61 bits per heavy atom. The fourth-order valence-corrected chi connectivity index (χ4v) is 4.46. The van der Waals surface area contributed by atoms with E-state index >= 15 is 0 Å². The number of amides is 2. The summed E-state index contributed by atoms with van der Waals surface area (Å²) < 4.78 is 6.07. The van der Waals surface area contributed by atoms with Crippen LogP contribution < -0.4 is 15.0 Å². The third-order valence-corrected chi connectivity index (χ3v) is 6.14. The lowest BCUT2D eigenvalue weighted by molar-refractivity contribution is -0.139. The van der Waals surface area contributed by atoms with Crippen molar-refractivity contribution in [1.29, 1.82) is 0 Å². The minimum atomic E-state index is -0.592. The van der Waals surface area contributed by atoms with Crippen molar-refractivity contribution in [1.82, 2.24) is 4.90 Å². The van der Waals surface area contributed by atoms with Crippen molar-refractivity contribution in [3.8, 4) is 5.75 Å². The average Bonchev–Trinajstić information content (AvgIpc) is 2.80. The highest BCUT2D eigenvalue weighted by atomic mass is 16.5. The molecule has 0 unspecified atom stereocenters. The van der Waals surface area contributed by atoms with Crippen LogP contribution in [0.2, 0.25) is 0 Å². The number of anilines is 2. The van der Waals surface area contributed by atoms with Gasteiger partial charge in [-0.1, -0.05) is 37.3 Å². The van der Waals surface area contributed by atoms with E-state index in [0.29, 0.717) is 12.3 Å². The van der Waals surface area contributed by atoms with E-state index in [1.165, 1.54) is 6.42 Å². The summed E-state index contributed by atoms with van der Waals surface area (Å²) in [6, 6.07) is 13.7. The van der Waals surface area contributed by atoms with Crippen LogP contribution in [0.25, 0.3) is 0 Å². The molecule has 0 bridgehead atoms. The molecule has 1 atom stereocenters. The van der Waals surface area contributed by atoms with Gasteiger partial charge in [0.25, 0.3) is 5.91 Å². The van der Waals surface area contributed by atoms with Crippen LogP contribution in [0.4, 0.5) is 11.4 Å². The summed E-state index contributed by atoms with van der Waals surface area (Å²) in [5.41, 5.74) is 3.90. The maximum absolute atomic E-state index is 13.1. The first-order valence-electron chi connectivity index (χ1n) is 11.2. The van der Waals surface area contributed by atoms with Gasteiger partial charge in [0, 0.05) is 18.8 Å². The van der Waals surface area contributed by atoms with Crippen LogP contribution in [0.15, 0.2) is 42.5 Å². The highest BCUT2D eigenvalue weighted by Crippen LogP contribution is 2.33. The number of carbonyl (C=O) groups is 2. The van der Waals surface area contributed by atoms with E-state index in [1.807, 2.05) is 59.2 Å². The minimum absolute atomic E-state index is 0.0202. The molecular weight excluding hydrogens is 390 g/mol. The summed E-state index contributed by atoms with van der Waals surface area (Å²) in [6.45, 7) is 6.20. The molecule has 1 N–H and O–H groups in total. The average molecular weight is 422 g/mol. The maximum Gasteiger partial charge on any atom is 0.265 e. The molecule has 2 aromatic rings. The molecule has 164 valence electrons. The highest BCUT2D eigenvalue weighted by Gasteiger charge is 2.34. The molecule has 2 heterocycles. The SMILES string of the molecule is CCc1cccc(C)c1NC(=O)CN1C[C@H](C(=O)N2CCCCC2)Oc2ccccc21. The van der Waals surface area contributed by atoms with Crippen molar-refractivity contribution in [2.75, 3.05) is 36.4 Å². The highest BCUT2D eigenvalue weighted by molar-refractivity contribution is 5.96. The van der Waals surface area contributed by atoms with Crippen molar-refractivity contribution in [3.05, 3.63) is 53.6 Å². The molecule has 6 nitrogen and oxygen atoms in total. The number of ether oxygens (including phenoxy) is 1. The van der Waals surface area contributed by atoms with Crippen LogP contribution in [0, 0.1) is 6.92 Å². The zero-order valence-electron chi connectivity index (χ0n) is 18.4. The molecular formula is C25H31N3O3. The van der Waals surface area contributed by atoms with E-state index in [2.05, 4.69) is 12.2 Å². The van der Waals surface area contributed by atoms with Crippen LogP contribution in [0.3, 0.4) is 0 Å². The molecule has 2 aliphatic heterocycles. The Morgan fingerprint density at radius 2 is 1.84 bits per heavy atom. The summed E-state index contributed by atoms with van der Waals surface area (Å²) in [7, 11) is 0. The lowest BCUT2D eigenvalue weighted by atomic mass is 10.1. The second-order valence-electron chi connectivity index (χ2n) is 8.35. The molecule has 0 aromatic heterocycles. The van der Waals surface area contributed by atoms with Crippen molar-refractivity contribution in [2.45, 2.75) is 45.6 Å². The van der Waals surface area contributed by atoms with E-state index in [-0.39, 0.29) is 18.4 Å². The number of aryl methyl sites for hydroxylation is 2. The van der Waals surface area contributed by atoms with Crippen molar-refractivity contribution in [3.63, 3.8) is 0 Å². The topological polar surface area (TPSA) is 61.9 Å². The summed E-state index contributed by atoms with van der Waals surface area (Å²) in [4.78, 5) is 30.0. The molecule has 6 heteroatoms. The second kappa shape index (κ2) is 9.41. The third-order valence-electron chi connectivity index (χ3n) is 6.14. The Hall–Kier alpha value is -3.02. The Balaban J connectivity index is 1.51. The summed E-state index contributed by atoms with van der Waals surface area (Å²) in [5, 5.41) is 3.10. The number of carbonyl (C=O) groups excluding carboxylic acids is 2. The molecule has 2 aromatic carbocycles. The third kappa shape index (κ3) is 4.68. The Labute approximate surface area is 184 Å². The van der Waals surface area contributed by atoms with Crippen LogP contribution in [0.1, 0.15) is 37.3 Å². The van der Waals surface area contributed by atoms with Gasteiger partial charge in [-0.3, -0.25) is 9.59 Å². The number of fused-ring (bicyclic) bond motifs is 1. The second-order valence-corrected chi connectivity index (χ2v) is 8.35. The predicted octanol–water partition coefficient (Wildman–Crippen LogP) is 3.78. The van der Waals surface area contributed by atoms with Gasteiger partial charge in [0.05, 0.1) is 18.8 Å². The first-order chi connectivity index (χ1) is 15.1. The Morgan fingerprint density at radius 1 is 1.06 bits per heavy atom. The lowest BCUT2D eigenvalue weighted by Gasteiger charge is -2.38. The number of nitrogens with one attached hydrogen (secondary N) is 1. The van der Waals surface area contributed by atoms with Gasteiger partial charge < -0.3 is 19.9 Å². The lowest BCUT2D eigenvalue weighted by Crippen LogP contribution is -2.52. The molecule has 4 rings (SSSR count). The molecule has 1 fully saturated rings. The maximum atomic E-state index is 13.1. The number of likely N-dealkylation sites (tertiary alicyclic amines) is 1. The van der Waals surface area contributed by atoms with Crippen LogP contribution in [-0.2, 0) is 16.0 Å². The monoisotopic (exact) mass is 421 g/mol. The number of para-hydroxylation sites is 3. The van der Waals surface area contributed by atoms with Crippen LogP contribution in [0.5, 0.6) is 5.75 Å². The zero-order chi connectivity index (χ0) is 21.8. The molecule has 0 radical (unpaired) electrons. The normalized spacial score (nSPS) is 18.2. The minimum Gasteiger partial charge on any atom is -0.477 e. The molecule has 0 saturated carbocycles. The van der Waals surface area contributed by atoms with Gasteiger partial charge in [-0.2, -0.15) is 0 Å². The van der Waals surface area contributed by atoms with Crippen LogP contribution in [-0.4, -0.2) is 49.0 Å². The molecule has 31 heavy (non-hydrogen) atoms. The van der Waals surface area contributed by atoms with Gasteiger partial charge in [0.2, 0.25) is 5.91 Å². The van der Waals surface area contributed by atoms with Gasteiger partial charge in [-0.15, -0.1) is 0 Å². The first-order valence-corrected chi connectivity index (χ1v) is 11.2. The van der Waals surface area contributed by atoms with E-state index in [0.717, 1.165) is 54.9 Å². The van der Waals surface area contributed by atoms with Crippen LogP contribution >= 0.6 is 0 Å². The molecule has 2 amide bonds. The summed E-state index contributed by atoms with van der Waals surface area (Å²) in [5.74, 6) is 0.582. The first kappa shape index (κ1) is 21.2. The molecule has 0 aliphatic carbocycles. The smallest absolute Gasteiger partial charge is 0.265 e. The number of rotatable bonds is 5. The zero-order valence-corrected chi connectivity index (χ0v) is 18.4. The van der Waals surface area contributed by atoms with Gasteiger partial charge >= 0.3 is 0 Å². The largest absolute Gasteiger partial charge is 0.477 e. The Kier molecular flexibility index (Phi) is 6.44. The number of benzene rings is 2. The van der Waals surface area contributed by atoms with Gasteiger partial charge in [0.1, 0.15) is 5.75 Å². The van der Waals surface area contributed by atoms with E-state index in [1.54, 1.807) is 0 Å². The van der Waals surface area contributed by atoms with E-state index in [9.17, 15) is 9.59 Å². The van der Waals surface area contributed by atoms with Gasteiger partial charge in [-0.05, 0) is 55.9 Å². The molecule has 0 spiro atoms. The van der Waals surface area contributed by atoms with Gasteiger partial charge in [-0.25, -0.2) is 0 Å². The number of nitrogens with zero attached hydrogens (tertiary/aromatic N) is 2. The van der Waals surface area contributed by atoms with Crippen molar-refractivity contribution >= 4 is 23.2 Å². The standard InChI is InChI=1S/C25H31N3O3/c1-3-19-11-9-10-18(2)24(19)26-23(29)17-28-16-22(25(30)27-14-7-4-8-15-27)31-21-13-6-5-12-20(21)28/h5-6,9-13,22H,3-4,7-8,14-17H2,1-2H3,(H,26,29)/t22-/m1/s1. The predicted molar refractivity (Wildman–Crippen MR) is 123 cm³/mol. The van der Waals surface area contributed by atoms with E-state index < -0.39 is 6.10 Å². The molecule has 1 saturated heterocycles. The molecule has 2 aliphatic rings. The van der Waals surface area contributed by atoms with Crippen molar-refractivity contribution in [2.24, 2.45) is 0 Å². The number of hydrogen-bond donors (Lipinski definition) is 1. The van der Waals surface area contributed by atoms with Crippen molar-refractivity contribution < 1.29 is 14.3 Å².